The molecule has 0 unspecified atom stereocenters. The molecule has 0 fully saturated rings. The maximum absolute atomic E-state index is 10.6. The lowest BCUT2D eigenvalue weighted by molar-refractivity contribution is -0.119. The number of benzene rings is 1. The van der Waals surface area contributed by atoms with E-state index in [4.69, 9.17) is 19.6 Å². The summed E-state index contributed by atoms with van der Waals surface area (Å²) < 4.78 is 16.1. The van der Waals surface area contributed by atoms with Gasteiger partial charge in [-0.3, -0.25) is 4.79 Å². The van der Waals surface area contributed by atoms with E-state index < -0.39 is 5.91 Å². The van der Waals surface area contributed by atoms with E-state index in [-0.39, 0.29) is 13.2 Å². The molecule has 2 aromatic rings. The molecule has 106 valence electrons. The SMILES string of the molecule is Cc1nc(COc2ccc(OCC(N)=O)cc2)oc1C. The van der Waals surface area contributed by atoms with E-state index in [0.29, 0.717) is 17.4 Å². The van der Waals surface area contributed by atoms with Crippen LogP contribution in [-0.2, 0) is 11.4 Å². The molecule has 1 heterocycles. The summed E-state index contributed by atoms with van der Waals surface area (Å²) in [5.41, 5.74) is 5.85. The van der Waals surface area contributed by atoms with Crippen molar-refractivity contribution in [2.45, 2.75) is 20.5 Å². The minimum absolute atomic E-state index is 0.144. The number of carbonyl (C=O) groups is 1. The lowest BCUT2D eigenvalue weighted by atomic mass is 10.3. The van der Waals surface area contributed by atoms with Crippen molar-refractivity contribution in [2.24, 2.45) is 5.73 Å². The first-order valence-corrected chi connectivity index (χ1v) is 6.11. The molecule has 1 aromatic carbocycles. The van der Waals surface area contributed by atoms with Crippen molar-refractivity contribution < 1.29 is 18.7 Å². The number of hydrogen-bond acceptors (Lipinski definition) is 5. The number of amides is 1. The second-order valence-corrected chi connectivity index (χ2v) is 4.26. The topological polar surface area (TPSA) is 87.6 Å². The average Bonchev–Trinajstić information content (AvgIpc) is 2.74. The van der Waals surface area contributed by atoms with Gasteiger partial charge in [-0.2, -0.15) is 0 Å². The summed E-state index contributed by atoms with van der Waals surface area (Å²) in [5, 5.41) is 0. The lowest BCUT2D eigenvalue weighted by Crippen LogP contribution is -2.19. The number of nitrogens with two attached hydrogens (primary N) is 1. The second-order valence-electron chi connectivity index (χ2n) is 4.26. The molecular weight excluding hydrogens is 260 g/mol. The normalized spacial score (nSPS) is 10.3. The van der Waals surface area contributed by atoms with E-state index in [1.54, 1.807) is 24.3 Å². The van der Waals surface area contributed by atoms with Gasteiger partial charge in [-0.05, 0) is 38.1 Å². The van der Waals surface area contributed by atoms with Gasteiger partial charge in [-0.25, -0.2) is 4.98 Å². The van der Waals surface area contributed by atoms with Crippen molar-refractivity contribution in [3.8, 4) is 11.5 Å². The molecule has 1 amide bonds. The Kier molecular flexibility index (Phi) is 4.24. The fraction of sp³-hybridized carbons (Fsp3) is 0.286. The first-order valence-electron chi connectivity index (χ1n) is 6.11. The molecule has 0 aliphatic rings. The number of nitrogens with zero attached hydrogens (tertiary/aromatic N) is 1. The first kappa shape index (κ1) is 13.9. The van der Waals surface area contributed by atoms with Gasteiger partial charge < -0.3 is 19.6 Å². The van der Waals surface area contributed by atoms with E-state index >= 15 is 0 Å². The summed E-state index contributed by atoms with van der Waals surface area (Å²) in [6.07, 6.45) is 0. The van der Waals surface area contributed by atoms with Gasteiger partial charge in [0, 0.05) is 0 Å². The predicted octanol–water partition coefficient (Wildman–Crippen LogP) is 1.73. The van der Waals surface area contributed by atoms with Crippen molar-refractivity contribution in [3.63, 3.8) is 0 Å². The molecule has 2 N–H and O–H groups in total. The summed E-state index contributed by atoms with van der Waals surface area (Å²) in [5.74, 6) is 2.02. The standard InChI is InChI=1S/C14H16N2O4/c1-9-10(2)20-14(16-9)8-19-12-5-3-11(4-6-12)18-7-13(15)17/h3-6H,7-8H2,1-2H3,(H2,15,17). The summed E-state index contributed by atoms with van der Waals surface area (Å²) in [6, 6.07) is 6.87. The number of carbonyl (C=O) groups excluding carboxylic acids is 1. The third-order valence-corrected chi connectivity index (χ3v) is 2.64. The number of aryl methyl sites for hydroxylation is 2. The van der Waals surface area contributed by atoms with Crippen molar-refractivity contribution >= 4 is 5.91 Å². The Hall–Kier alpha value is -2.50. The number of hydrogen-bond donors (Lipinski definition) is 1. The quantitative estimate of drug-likeness (QED) is 0.868. The monoisotopic (exact) mass is 276 g/mol. The van der Waals surface area contributed by atoms with Crippen LogP contribution in [0.25, 0.3) is 0 Å². The molecule has 0 atom stereocenters. The van der Waals surface area contributed by atoms with Crippen molar-refractivity contribution in [1.29, 1.82) is 0 Å². The minimum atomic E-state index is -0.514. The van der Waals surface area contributed by atoms with E-state index in [1.807, 2.05) is 13.8 Å². The molecule has 0 bridgehead atoms. The molecule has 6 heteroatoms. The third kappa shape index (κ3) is 3.74. The molecule has 0 aliphatic carbocycles. The highest BCUT2D eigenvalue weighted by atomic mass is 16.5. The van der Waals surface area contributed by atoms with Gasteiger partial charge >= 0.3 is 0 Å². The maximum atomic E-state index is 10.6. The van der Waals surface area contributed by atoms with Gasteiger partial charge in [-0.1, -0.05) is 0 Å². The Morgan fingerprint density at radius 3 is 2.30 bits per heavy atom. The van der Waals surface area contributed by atoms with Gasteiger partial charge in [-0.15, -0.1) is 0 Å². The number of rotatable bonds is 6. The highest BCUT2D eigenvalue weighted by Crippen LogP contribution is 2.19. The van der Waals surface area contributed by atoms with E-state index in [0.717, 1.165) is 11.5 Å². The average molecular weight is 276 g/mol. The van der Waals surface area contributed by atoms with Gasteiger partial charge in [0.2, 0.25) is 5.89 Å². The first-order chi connectivity index (χ1) is 9.54. The van der Waals surface area contributed by atoms with Crippen molar-refractivity contribution in [3.05, 3.63) is 41.6 Å². The van der Waals surface area contributed by atoms with E-state index in [2.05, 4.69) is 4.98 Å². The van der Waals surface area contributed by atoms with Gasteiger partial charge in [0.05, 0.1) is 5.69 Å². The number of ether oxygens (including phenoxy) is 2. The highest BCUT2D eigenvalue weighted by Gasteiger charge is 2.06. The highest BCUT2D eigenvalue weighted by molar-refractivity contribution is 5.75. The molecule has 0 saturated carbocycles. The van der Waals surface area contributed by atoms with Gasteiger partial charge in [0.25, 0.3) is 5.91 Å². The van der Waals surface area contributed by atoms with Crippen LogP contribution < -0.4 is 15.2 Å². The number of oxazole rings is 1. The Bertz CT molecular complexity index is 570. The van der Waals surface area contributed by atoms with Crippen LogP contribution in [-0.4, -0.2) is 17.5 Å². The summed E-state index contributed by atoms with van der Waals surface area (Å²) in [4.78, 5) is 14.8. The Morgan fingerprint density at radius 2 is 1.80 bits per heavy atom. The zero-order valence-electron chi connectivity index (χ0n) is 11.4. The molecule has 2 rings (SSSR count). The smallest absolute Gasteiger partial charge is 0.255 e. The third-order valence-electron chi connectivity index (χ3n) is 2.64. The van der Waals surface area contributed by atoms with Crippen LogP contribution >= 0.6 is 0 Å². The predicted molar refractivity (Wildman–Crippen MR) is 71.4 cm³/mol. The molecule has 0 radical (unpaired) electrons. The summed E-state index contributed by atoms with van der Waals surface area (Å²) in [7, 11) is 0. The van der Waals surface area contributed by atoms with Crippen LogP contribution in [0.1, 0.15) is 17.3 Å². The molecule has 0 aliphatic heterocycles. The van der Waals surface area contributed by atoms with Gasteiger partial charge in [0.15, 0.2) is 13.2 Å². The Labute approximate surface area is 116 Å². The molecule has 1 aromatic heterocycles. The minimum Gasteiger partial charge on any atom is -0.484 e. The van der Waals surface area contributed by atoms with Crippen LogP contribution in [0.5, 0.6) is 11.5 Å². The summed E-state index contributed by atoms with van der Waals surface area (Å²) in [6.45, 7) is 3.86. The molecule has 0 spiro atoms. The van der Waals surface area contributed by atoms with Crippen LogP contribution in [0.2, 0.25) is 0 Å². The van der Waals surface area contributed by atoms with Crippen LogP contribution in [0.4, 0.5) is 0 Å². The number of aromatic nitrogens is 1. The molecular formula is C14H16N2O4. The van der Waals surface area contributed by atoms with Crippen molar-refractivity contribution in [1.82, 2.24) is 4.98 Å². The zero-order valence-corrected chi connectivity index (χ0v) is 11.4. The fourth-order valence-corrected chi connectivity index (χ4v) is 1.53. The van der Waals surface area contributed by atoms with Crippen LogP contribution in [0.15, 0.2) is 28.7 Å². The lowest BCUT2D eigenvalue weighted by Gasteiger charge is -2.06. The summed E-state index contributed by atoms with van der Waals surface area (Å²) >= 11 is 0. The number of primary amides is 1. The zero-order chi connectivity index (χ0) is 14.5. The van der Waals surface area contributed by atoms with E-state index in [1.165, 1.54) is 0 Å². The van der Waals surface area contributed by atoms with Crippen LogP contribution in [0, 0.1) is 13.8 Å². The molecule has 20 heavy (non-hydrogen) atoms. The Balaban J connectivity index is 1.88. The fourth-order valence-electron chi connectivity index (χ4n) is 1.53. The maximum Gasteiger partial charge on any atom is 0.255 e. The van der Waals surface area contributed by atoms with E-state index in [9.17, 15) is 4.79 Å². The van der Waals surface area contributed by atoms with Crippen molar-refractivity contribution in [2.75, 3.05) is 6.61 Å². The Morgan fingerprint density at radius 1 is 1.20 bits per heavy atom. The molecule has 0 saturated heterocycles. The van der Waals surface area contributed by atoms with Crippen LogP contribution in [0.3, 0.4) is 0 Å². The van der Waals surface area contributed by atoms with Gasteiger partial charge in [0.1, 0.15) is 17.3 Å². The largest absolute Gasteiger partial charge is 0.484 e. The molecule has 6 nitrogen and oxygen atoms in total. The second kappa shape index (κ2) is 6.10.